The summed E-state index contributed by atoms with van der Waals surface area (Å²) in [6.45, 7) is 0. The Balaban J connectivity index is 1.92. The second kappa shape index (κ2) is 6.96. The molecule has 0 unspecified atom stereocenters. The van der Waals surface area contributed by atoms with E-state index in [-0.39, 0.29) is 17.2 Å². The number of aromatic nitrogens is 1. The number of halogens is 1. The predicted molar refractivity (Wildman–Crippen MR) is 89.4 cm³/mol. The van der Waals surface area contributed by atoms with E-state index in [1.165, 1.54) is 19.2 Å². The zero-order valence-electron chi connectivity index (χ0n) is 13.2. The molecule has 0 fully saturated rings. The van der Waals surface area contributed by atoms with Crippen molar-refractivity contribution >= 4 is 5.69 Å². The van der Waals surface area contributed by atoms with Crippen molar-refractivity contribution in [2.45, 2.75) is 0 Å². The maximum absolute atomic E-state index is 14.0. The number of ether oxygens (including phenoxy) is 2. The lowest BCUT2D eigenvalue weighted by Gasteiger charge is -2.12. The highest BCUT2D eigenvalue weighted by Crippen LogP contribution is 2.36. The van der Waals surface area contributed by atoms with E-state index in [9.17, 15) is 14.5 Å². The predicted octanol–water partition coefficient (Wildman–Crippen LogP) is 4.60. The van der Waals surface area contributed by atoms with Crippen molar-refractivity contribution < 1.29 is 18.8 Å². The van der Waals surface area contributed by atoms with Crippen LogP contribution in [0.25, 0.3) is 11.3 Å². The van der Waals surface area contributed by atoms with Gasteiger partial charge in [-0.05, 0) is 36.4 Å². The second-order valence-electron chi connectivity index (χ2n) is 5.05. The summed E-state index contributed by atoms with van der Waals surface area (Å²) in [5.74, 6) is -0.282. The molecule has 3 aromatic rings. The zero-order chi connectivity index (χ0) is 17.8. The third-order valence-corrected chi connectivity index (χ3v) is 3.47. The summed E-state index contributed by atoms with van der Waals surface area (Å²) in [4.78, 5) is 14.3. The van der Waals surface area contributed by atoms with Crippen LogP contribution in [0.1, 0.15) is 0 Å². The standard InChI is InChI=1S/C18H13FN2O4/c1-24-18-10-12(15-4-2-3-9-20-15)5-7-17(18)25-16-8-6-13(21(22)23)11-14(16)19/h2-11H,1H3. The van der Waals surface area contributed by atoms with E-state index in [4.69, 9.17) is 9.47 Å². The van der Waals surface area contributed by atoms with Crippen LogP contribution in [0.15, 0.2) is 60.8 Å². The number of nitro benzene ring substituents is 1. The molecule has 2 aromatic carbocycles. The van der Waals surface area contributed by atoms with Crippen LogP contribution in [0, 0.1) is 15.9 Å². The second-order valence-corrected chi connectivity index (χ2v) is 5.05. The van der Waals surface area contributed by atoms with E-state index in [0.29, 0.717) is 5.75 Å². The van der Waals surface area contributed by atoms with Gasteiger partial charge in [-0.3, -0.25) is 15.1 Å². The number of nitrogens with zero attached hydrogens (tertiary/aromatic N) is 2. The number of non-ortho nitro benzene ring substituents is 1. The average Bonchev–Trinajstić information content (AvgIpc) is 2.64. The van der Waals surface area contributed by atoms with Gasteiger partial charge < -0.3 is 9.47 Å². The molecule has 0 radical (unpaired) electrons. The van der Waals surface area contributed by atoms with Crippen molar-refractivity contribution in [3.05, 3.63) is 76.7 Å². The van der Waals surface area contributed by atoms with Crippen molar-refractivity contribution in [1.29, 1.82) is 0 Å². The molecule has 0 saturated heterocycles. The minimum atomic E-state index is -0.829. The first-order valence-corrected chi connectivity index (χ1v) is 7.29. The summed E-state index contributed by atoms with van der Waals surface area (Å²) in [7, 11) is 1.47. The third kappa shape index (κ3) is 3.55. The molecule has 0 aliphatic carbocycles. The van der Waals surface area contributed by atoms with E-state index < -0.39 is 10.7 Å². The molecule has 6 nitrogen and oxygen atoms in total. The molecule has 0 saturated carbocycles. The normalized spacial score (nSPS) is 10.3. The van der Waals surface area contributed by atoms with Gasteiger partial charge in [-0.25, -0.2) is 4.39 Å². The third-order valence-electron chi connectivity index (χ3n) is 3.47. The lowest BCUT2D eigenvalue weighted by Crippen LogP contribution is -1.95. The number of hydrogen-bond acceptors (Lipinski definition) is 5. The first-order valence-electron chi connectivity index (χ1n) is 7.29. The molecule has 0 aliphatic rings. The Hall–Kier alpha value is -3.48. The number of nitro groups is 1. The molecule has 1 aromatic heterocycles. The van der Waals surface area contributed by atoms with Crippen LogP contribution in [-0.2, 0) is 0 Å². The van der Waals surface area contributed by atoms with Crippen molar-refractivity contribution in [3.63, 3.8) is 0 Å². The monoisotopic (exact) mass is 340 g/mol. The number of pyridine rings is 1. The molecule has 0 amide bonds. The van der Waals surface area contributed by atoms with Crippen molar-refractivity contribution in [3.8, 4) is 28.5 Å². The highest BCUT2D eigenvalue weighted by atomic mass is 19.1. The summed E-state index contributed by atoms with van der Waals surface area (Å²) in [5.41, 5.74) is 1.23. The van der Waals surface area contributed by atoms with Crippen LogP contribution < -0.4 is 9.47 Å². The minimum Gasteiger partial charge on any atom is -0.493 e. The fraction of sp³-hybridized carbons (Fsp3) is 0.0556. The molecule has 0 atom stereocenters. The molecule has 0 spiro atoms. The molecule has 0 aliphatic heterocycles. The van der Waals surface area contributed by atoms with Gasteiger partial charge in [0, 0.05) is 17.8 Å². The van der Waals surface area contributed by atoms with Crippen molar-refractivity contribution in [2.75, 3.05) is 7.11 Å². The van der Waals surface area contributed by atoms with Crippen molar-refractivity contribution in [2.24, 2.45) is 0 Å². The molecule has 0 N–H and O–H groups in total. The van der Waals surface area contributed by atoms with Crippen LogP contribution >= 0.6 is 0 Å². The number of methoxy groups -OCH3 is 1. The topological polar surface area (TPSA) is 74.5 Å². The largest absolute Gasteiger partial charge is 0.493 e. The Labute approximate surface area is 142 Å². The first-order chi connectivity index (χ1) is 12.1. The minimum absolute atomic E-state index is 0.130. The SMILES string of the molecule is COc1cc(-c2ccccn2)ccc1Oc1ccc([N+](=O)[O-])cc1F. The lowest BCUT2D eigenvalue weighted by molar-refractivity contribution is -0.385. The van der Waals surface area contributed by atoms with Crippen LogP contribution in [-0.4, -0.2) is 17.0 Å². The van der Waals surface area contributed by atoms with Crippen LogP contribution in [0.3, 0.4) is 0 Å². The summed E-state index contributed by atoms with van der Waals surface area (Å²) in [6.07, 6.45) is 1.68. The van der Waals surface area contributed by atoms with E-state index in [0.717, 1.165) is 17.3 Å². The van der Waals surface area contributed by atoms with Crippen LogP contribution in [0.5, 0.6) is 17.2 Å². The van der Waals surface area contributed by atoms with Gasteiger partial charge in [0.05, 0.1) is 23.8 Å². The molecule has 0 bridgehead atoms. The number of hydrogen-bond donors (Lipinski definition) is 0. The van der Waals surface area contributed by atoms with Gasteiger partial charge in [0.25, 0.3) is 5.69 Å². The summed E-state index contributed by atoms with van der Waals surface area (Å²) < 4.78 is 24.8. The molecule has 126 valence electrons. The molecule has 1 heterocycles. The van der Waals surface area contributed by atoms with Crippen LogP contribution in [0.2, 0.25) is 0 Å². The Bertz CT molecular complexity index is 916. The summed E-state index contributed by atoms with van der Waals surface area (Å²) >= 11 is 0. The molecular formula is C18H13FN2O4. The van der Waals surface area contributed by atoms with E-state index >= 15 is 0 Å². The molecular weight excluding hydrogens is 327 g/mol. The van der Waals surface area contributed by atoms with Gasteiger partial charge in [-0.15, -0.1) is 0 Å². The van der Waals surface area contributed by atoms with Gasteiger partial charge in [0.1, 0.15) is 0 Å². The van der Waals surface area contributed by atoms with Gasteiger partial charge >= 0.3 is 0 Å². The number of rotatable bonds is 5. The van der Waals surface area contributed by atoms with Gasteiger partial charge in [0.15, 0.2) is 23.1 Å². The van der Waals surface area contributed by atoms with Crippen LogP contribution in [0.4, 0.5) is 10.1 Å². The Morgan fingerprint density at radius 2 is 1.84 bits per heavy atom. The smallest absolute Gasteiger partial charge is 0.272 e. The molecule has 25 heavy (non-hydrogen) atoms. The Morgan fingerprint density at radius 1 is 1.04 bits per heavy atom. The summed E-state index contributed by atoms with van der Waals surface area (Å²) in [5, 5.41) is 10.7. The fourth-order valence-corrected chi connectivity index (χ4v) is 2.25. The molecule has 3 rings (SSSR count). The fourth-order valence-electron chi connectivity index (χ4n) is 2.25. The van der Waals surface area contributed by atoms with Gasteiger partial charge in [-0.1, -0.05) is 6.07 Å². The first kappa shape index (κ1) is 16.4. The highest BCUT2D eigenvalue weighted by molar-refractivity contribution is 5.64. The maximum atomic E-state index is 14.0. The van der Waals surface area contributed by atoms with E-state index in [1.807, 2.05) is 18.2 Å². The summed E-state index contributed by atoms with van der Waals surface area (Å²) in [6, 6.07) is 13.8. The zero-order valence-corrected chi connectivity index (χ0v) is 13.2. The number of benzene rings is 2. The quantitative estimate of drug-likeness (QED) is 0.501. The highest BCUT2D eigenvalue weighted by Gasteiger charge is 2.15. The average molecular weight is 340 g/mol. The Morgan fingerprint density at radius 3 is 2.48 bits per heavy atom. The van der Waals surface area contributed by atoms with E-state index in [2.05, 4.69) is 4.98 Å². The van der Waals surface area contributed by atoms with E-state index in [1.54, 1.807) is 24.4 Å². The lowest BCUT2D eigenvalue weighted by atomic mass is 10.1. The van der Waals surface area contributed by atoms with Gasteiger partial charge in [-0.2, -0.15) is 0 Å². The van der Waals surface area contributed by atoms with Crippen molar-refractivity contribution in [1.82, 2.24) is 4.98 Å². The maximum Gasteiger partial charge on any atom is 0.272 e. The Kier molecular flexibility index (Phi) is 4.56. The van der Waals surface area contributed by atoms with Gasteiger partial charge in [0.2, 0.25) is 0 Å². The molecule has 7 heteroatoms.